The second-order valence-corrected chi connectivity index (χ2v) is 6.75. The van der Waals surface area contributed by atoms with Gasteiger partial charge < -0.3 is 10.3 Å². The van der Waals surface area contributed by atoms with Gasteiger partial charge in [0.15, 0.2) is 0 Å². The van der Waals surface area contributed by atoms with Crippen molar-refractivity contribution in [1.82, 2.24) is 15.6 Å². The molecular weight excluding hydrogens is 308 g/mol. The van der Waals surface area contributed by atoms with Gasteiger partial charge in [0.2, 0.25) is 0 Å². The second-order valence-electron chi connectivity index (χ2n) is 6.75. The lowest BCUT2D eigenvalue weighted by Gasteiger charge is -2.32. The molecule has 1 aromatic carbocycles. The number of H-pyrrole nitrogens is 1. The number of hydrogen-bond donors (Lipinski definition) is 3. The van der Waals surface area contributed by atoms with Crippen molar-refractivity contribution in [3.63, 3.8) is 0 Å². The Kier molecular flexibility index (Phi) is 5.51. The number of unbranched alkanes of at least 4 members (excludes halogenated alkanes) is 2. The molecule has 1 aliphatic heterocycles. The number of rotatable bonds is 7. The summed E-state index contributed by atoms with van der Waals surface area (Å²) in [6, 6.07) is 2.57. The number of fused-ring (bicyclic) bond motifs is 3. The van der Waals surface area contributed by atoms with Crippen LogP contribution in [0.5, 0.6) is 0 Å². The van der Waals surface area contributed by atoms with E-state index >= 15 is 0 Å². The molecule has 2 aromatic rings. The normalized spacial score (nSPS) is 20.5. The highest BCUT2D eigenvalue weighted by molar-refractivity contribution is 5.85. The van der Waals surface area contributed by atoms with Gasteiger partial charge in [0.25, 0.3) is 0 Å². The van der Waals surface area contributed by atoms with Crippen LogP contribution in [-0.4, -0.2) is 17.7 Å². The standard InChI is InChI=1S/C19H27F2N3/c1-3-5-7-16-19-14(11-17(23-16)22-8-6-4-2)13-9-12(20)10-15(21)18(13)24-19/h9-10,16-17,22-24H,3-8,11H2,1-2H3/t16-,17+/m0/s1. The topological polar surface area (TPSA) is 39.9 Å². The van der Waals surface area contributed by atoms with Crippen LogP contribution in [-0.2, 0) is 6.42 Å². The molecule has 0 amide bonds. The number of nitrogens with one attached hydrogen (secondary N) is 3. The number of hydrogen-bond acceptors (Lipinski definition) is 2. The number of aromatic amines is 1. The first-order valence-corrected chi connectivity index (χ1v) is 9.13. The van der Waals surface area contributed by atoms with E-state index in [-0.39, 0.29) is 12.2 Å². The average Bonchev–Trinajstić information content (AvgIpc) is 2.92. The Bertz CT molecular complexity index is 695. The van der Waals surface area contributed by atoms with Crippen molar-refractivity contribution in [2.45, 2.75) is 64.6 Å². The van der Waals surface area contributed by atoms with Gasteiger partial charge in [-0.2, -0.15) is 0 Å². The first-order valence-electron chi connectivity index (χ1n) is 9.13. The summed E-state index contributed by atoms with van der Waals surface area (Å²) in [5, 5.41) is 7.87. The van der Waals surface area contributed by atoms with Gasteiger partial charge in [-0.1, -0.05) is 33.1 Å². The fraction of sp³-hybridized carbons (Fsp3) is 0.579. The summed E-state index contributed by atoms with van der Waals surface area (Å²) in [4.78, 5) is 3.23. The third-order valence-electron chi connectivity index (χ3n) is 4.89. The van der Waals surface area contributed by atoms with E-state index in [0.29, 0.717) is 10.9 Å². The maximum atomic E-state index is 14.2. The van der Waals surface area contributed by atoms with Gasteiger partial charge in [0, 0.05) is 29.6 Å². The Morgan fingerprint density at radius 1 is 1.17 bits per heavy atom. The predicted molar refractivity (Wildman–Crippen MR) is 94.0 cm³/mol. The van der Waals surface area contributed by atoms with Gasteiger partial charge in [0.1, 0.15) is 11.6 Å². The first-order chi connectivity index (χ1) is 11.6. The van der Waals surface area contributed by atoms with E-state index in [1.807, 2.05) is 0 Å². The lowest BCUT2D eigenvalue weighted by molar-refractivity contribution is 0.328. The average molecular weight is 335 g/mol. The van der Waals surface area contributed by atoms with Crippen LogP contribution in [0.2, 0.25) is 0 Å². The second kappa shape index (κ2) is 7.62. The highest BCUT2D eigenvalue weighted by Crippen LogP contribution is 2.35. The smallest absolute Gasteiger partial charge is 0.150 e. The Morgan fingerprint density at radius 2 is 1.96 bits per heavy atom. The van der Waals surface area contributed by atoms with Crippen LogP contribution in [0.1, 0.15) is 63.3 Å². The molecule has 0 saturated carbocycles. The molecule has 0 radical (unpaired) electrons. The van der Waals surface area contributed by atoms with Crippen molar-refractivity contribution in [3.05, 3.63) is 35.0 Å². The molecule has 0 unspecified atom stereocenters. The van der Waals surface area contributed by atoms with Crippen molar-refractivity contribution >= 4 is 10.9 Å². The molecule has 0 spiro atoms. The largest absolute Gasteiger partial charge is 0.354 e. The highest BCUT2D eigenvalue weighted by atomic mass is 19.1. The molecule has 24 heavy (non-hydrogen) atoms. The van der Waals surface area contributed by atoms with Crippen molar-refractivity contribution in [1.29, 1.82) is 0 Å². The number of halogens is 2. The van der Waals surface area contributed by atoms with Gasteiger partial charge in [-0.05, 0) is 31.0 Å². The summed E-state index contributed by atoms with van der Waals surface area (Å²) in [5.41, 5.74) is 2.51. The van der Waals surface area contributed by atoms with Crippen LogP contribution in [0, 0.1) is 11.6 Å². The van der Waals surface area contributed by atoms with Gasteiger partial charge in [-0.15, -0.1) is 0 Å². The summed E-state index contributed by atoms with van der Waals surface area (Å²) in [6.45, 7) is 5.29. The Balaban J connectivity index is 1.94. The summed E-state index contributed by atoms with van der Waals surface area (Å²) in [5.74, 6) is -1.02. The SMILES string of the molecule is CCCCN[C@H]1Cc2c([nH]c3c(F)cc(F)cc23)[C@H](CCCC)N1. The van der Waals surface area contributed by atoms with Crippen molar-refractivity contribution in [2.75, 3.05) is 6.54 Å². The van der Waals surface area contributed by atoms with Crippen LogP contribution in [0.15, 0.2) is 12.1 Å². The molecule has 2 heterocycles. The zero-order valence-corrected chi connectivity index (χ0v) is 14.5. The first kappa shape index (κ1) is 17.4. The molecule has 2 atom stereocenters. The molecule has 0 aliphatic carbocycles. The zero-order valence-electron chi connectivity index (χ0n) is 14.5. The quantitative estimate of drug-likeness (QED) is 0.650. The van der Waals surface area contributed by atoms with E-state index in [1.54, 1.807) is 0 Å². The molecule has 5 heteroatoms. The van der Waals surface area contributed by atoms with Crippen LogP contribution >= 0.6 is 0 Å². The molecule has 1 aromatic heterocycles. The fourth-order valence-electron chi connectivity index (χ4n) is 3.62. The van der Waals surface area contributed by atoms with Crippen molar-refractivity contribution in [2.24, 2.45) is 0 Å². The van der Waals surface area contributed by atoms with E-state index in [9.17, 15) is 8.78 Å². The van der Waals surface area contributed by atoms with Gasteiger partial charge in [0.05, 0.1) is 11.7 Å². The maximum absolute atomic E-state index is 14.2. The number of aromatic nitrogens is 1. The van der Waals surface area contributed by atoms with Crippen molar-refractivity contribution in [3.8, 4) is 0 Å². The summed E-state index contributed by atoms with van der Waals surface area (Å²) >= 11 is 0. The molecule has 1 aliphatic rings. The van der Waals surface area contributed by atoms with Crippen LogP contribution < -0.4 is 10.6 Å². The lowest BCUT2D eigenvalue weighted by Crippen LogP contribution is -2.49. The monoisotopic (exact) mass is 335 g/mol. The highest BCUT2D eigenvalue weighted by Gasteiger charge is 2.29. The molecule has 3 N–H and O–H groups in total. The van der Waals surface area contributed by atoms with Gasteiger partial charge in [-0.3, -0.25) is 5.32 Å². The Labute approximate surface area is 142 Å². The van der Waals surface area contributed by atoms with Crippen LogP contribution in [0.3, 0.4) is 0 Å². The van der Waals surface area contributed by atoms with E-state index in [1.165, 1.54) is 6.07 Å². The van der Waals surface area contributed by atoms with Crippen LogP contribution in [0.25, 0.3) is 10.9 Å². The molecular formula is C19H27F2N3. The summed E-state index contributed by atoms with van der Waals surface area (Å²) < 4.78 is 27.9. The van der Waals surface area contributed by atoms with E-state index in [4.69, 9.17) is 0 Å². The van der Waals surface area contributed by atoms with E-state index < -0.39 is 11.6 Å². The fourth-order valence-corrected chi connectivity index (χ4v) is 3.62. The molecule has 0 fully saturated rings. The minimum Gasteiger partial charge on any atom is -0.354 e. The maximum Gasteiger partial charge on any atom is 0.150 e. The minimum atomic E-state index is -0.513. The molecule has 132 valence electrons. The molecule has 0 bridgehead atoms. The zero-order chi connectivity index (χ0) is 17.1. The lowest BCUT2D eigenvalue weighted by atomic mass is 9.94. The van der Waals surface area contributed by atoms with Crippen molar-refractivity contribution < 1.29 is 8.78 Å². The van der Waals surface area contributed by atoms with E-state index in [0.717, 1.165) is 62.4 Å². The summed E-state index contributed by atoms with van der Waals surface area (Å²) in [7, 11) is 0. The van der Waals surface area contributed by atoms with E-state index in [2.05, 4.69) is 29.5 Å². The third-order valence-corrected chi connectivity index (χ3v) is 4.89. The molecule has 3 rings (SSSR count). The minimum absolute atomic E-state index is 0.149. The third kappa shape index (κ3) is 3.47. The summed E-state index contributed by atoms with van der Waals surface area (Å²) in [6.07, 6.45) is 6.37. The van der Waals surface area contributed by atoms with Crippen LogP contribution in [0.4, 0.5) is 8.78 Å². The Hall–Kier alpha value is -1.46. The molecule has 0 saturated heterocycles. The predicted octanol–water partition coefficient (Wildman–Crippen LogP) is 4.54. The Morgan fingerprint density at radius 3 is 2.71 bits per heavy atom. The molecule has 3 nitrogen and oxygen atoms in total. The van der Waals surface area contributed by atoms with Gasteiger partial charge >= 0.3 is 0 Å². The number of benzene rings is 1. The van der Waals surface area contributed by atoms with Gasteiger partial charge in [-0.25, -0.2) is 8.78 Å².